The summed E-state index contributed by atoms with van der Waals surface area (Å²) in [7, 11) is 0. The highest BCUT2D eigenvalue weighted by Crippen LogP contribution is 2.25. The van der Waals surface area contributed by atoms with Gasteiger partial charge in [-0.25, -0.2) is 0 Å². The average Bonchev–Trinajstić information content (AvgIpc) is 3.29. The smallest absolute Gasteiger partial charge is 0.251 e. The lowest BCUT2D eigenvalue weighted by atomic mass is 10.0. The van der Waals surface area contributed by atoms with Crippen LogP contribution in [0.1, 0.15) is 52.9 Å². The van der Waals surface area contributed by atoms with Crippen molar-refractivity contribution in [3.8, 4) is 16.9 Å². The normalized spacial score (nSPS) is 10.7. The second kappa shape index (κ2) is 10.0. The first-order valence-electron chi connectivity index (χ1n) is 10.3. The molecule has 4 rings (SSSR count). The summed E-state index contributed by atoms with van der Waals surface area (Å²) < 4.78 is 1.66. The van der Waals surface area contributed by atoms with Gasteiger partial charge in [0.05, 0.1) is 35.5 Å². The minimum Gasteiger partial charge on any atom is -0.346 e. The number of hydrogen-bond donors (Lipinski definition) is 1. The van der Waals surface area contributed by atoms with Gasteiger partial charge < -0.3 is 5.32 Å². The van der Waals surface area contributed by atoms with Crippen LogP contribution in [-0.2, 0) is 6.54 Å². The summed E-state index contributed by atoms with van der Waals surface area (Å²) in [6.07, 6.45) is 5.13. The molecular formula is C23H25FN8O. The zero-order chi connectivity index (χ0) is 22.7. The lowest BCUT2D eigenvalue weighted by Gasteiger charge is -2.12. The molecule has 9 nitrogen and oxygen atoms in total. The summed E-state index contributed by atoms with van der Waals surface area (Å²) in [5, 5.41) is 15.0. The topological polar surface area (TPSA) is 111 Å². The number of pyridine rings is 1. The van der Waals surface area contributed by atoms with Crippen LogP contribution in [-0.4, -0.2) is 41.1 Å². The number of hydrogen-bond acceptors (Lipinski definition) is 7. The van der Waals surface area contributed by atoms with Crippen LogP contribution in [0.15, 0.2) is 48.9 Å². The number of halogens is 1. The first kappa shape index (κ1) is 23.6. The number of aromatic nitrogens is 7. The van der Waals surface area contributed by atoms with E-state index < -0.39 is 0 Å². The number of carbonyl (C=O) groups excluding carboxylic acids is 1. The fourth-order valence-electron chi connectivity index (χ4n) is 3.17. The summed E-state index contributed by atoms with van der Waals surface area (Å²) in [5.74, 6) is 0.589. The van der Waals surface area contributed by atoms with E-state index in [1.54, 1.807) is 29.3 Å². The molecular weight excluding hydrogens is 423 g/mol. The van der Waals surface area contributed by atoms with Crippen LogP contribution in [0.4, 0.5) is 4.70 Å². The van der Waals surface area contributed by atoms with E-state index in [4.69, 9.17) is 0 Å². The quantitative estimate of drug-likeness (QED) is 0.481. The fraction of sp³-hybridized carbons (Fsp3) is 0.261. The van der Waals surface area contributed by atoms with E-state index in [9.17, 15) is 4.79 Å². The van der Waals surface area contributed by atoms with Crippen LogP contribution in [0.25, 0.3) is 16.9 Å². The van der Waals surface area contributed by atoms with Crippen molar-refractivity contribution >= 4 is 5.91 Å². The first-order chi connectivity index (χ1) is 15.4. The predicted molar refractivity (Wildman–Crippen MR) is 122 cm³/mol. The maximum absolute atomic E-state index is 13.0. The molecule has 3 heterocycles. The van der Waals surface area contributed by atoms with E-state index in [2.05, 4.69) is 35.8 Å². The Balaban J connectivity index is 0.00000306. The van der Waals surface area contributed by atoms with Gasteiger partial charge in [-0.3, -0.25) is 24.5 Å². The molecule has 3 aromatic heterocycles. The third kappa shape index (κ3) is 5.40. The summed E-state index contributed by atoms with van der Waals surface area (Å²) in [5.41, 5.74) is 5.30. The van der Waals surface area contributed by atoms with Gasteiger partial charge in [0.25, 0.3) is 5.91 Å². The van der Waals surface area contributed by atoms with E-state index in [1.165, 1.54) is 0 Å². The third-order valence-electron chi connectivity index (χ3n) is 4.91. The van der Waals surface area contributed by atoms with Gasteiger partial charge >= 0.3 is 0 Å². The molecule has 33 heavy (non-hydrogen) atoms. The molecule has 170 valence electrons. The molecule has 0 fully saturated rings. The summed E-state index contributed by atoms with van der Waals surface area (Å²) in [4.78, 5) is 26.0. The van der Waals surface area contributed by atoms with Gasteiger partial charge in [0, 0.05) is 29.4 Å². The highest BCUT2D eigenvalue weighted by molar-refractivity contribution is 5.96. The summed E-state index contributed by atoms with van der Waals surface area (Å²) in [6, 6.07) is 9.44. The predicted octanol–water partition coefficient (Wildman–Crippen LogP) is 3.34. The maximum atomic E-state index is 13.0. The standard InChI is InChI=1S/C23H24N8O.FH/c1-14(2)22-28-29-30-31(22)20-8-17(21-6-5-15(3)10-26-21)7-18(9-20)23(32)27-13-19-12-24-16(4)11-25-19;/h5-12,14H,13H2,1-4H3,(H,27,32);1H. The van der Waals surface area contributed by atoms with Crippen LogP contribution in [0, 0.1) is 13.8 Å². The van der Waals surface area contributed by atoms with Crippen LogP contribution in [0.5, 0.6) is 0 Å². The van der Waals surface area contributed by atoms with E-state index >= 15 is 0 Å². The Bertz CT molecular complexity index is 1240. The minimum atomic E-state index is -0.234. The van der Waals surface area contributed by atoms with E-state index in [0.717, 1.165) is 22.5 Å². The van der Waals surface area contributed by atoms with Gasteiger partial charge in [-0.2, -0.15) is 4.68 Å². The SMILES string of the molecule is Cc1ccc(-c2cc(C(=O)NCc3cnc(C)cn3)cc(-n3nnnc3C(C)C)c2)nc1.F. The van der Waals surface area contributed by atoms with Crippen molar-refractivity contribution < 1.29 is 9.50 Å². The van der Waals surface area contributed by atoms with Gasteiger partial charge in [0.2, 0.25) is 0 Å². The lowest BCUT2D eigenvalue weighted by molar-refractivity contribution is 0.0950. The van der Waals surface area contributed by atoms with Gasteiger partial charge in [-0.1, -0.05) is 19.9 Å². The van der Waals surface area contributed by atoms with Crippen molar-refractivity contribution in [3.63, 3.8) is 0 Å². The van der Waals surface area contributed by atoms with Crippen molar-refractivity contribution in [1.29, 1.82) is 0 Å². The van der Waals surface area contributed by atoms with Crippen molar-refractivity contribution in [2.45, 2.75) is 40.2 Å². The van der Waals surface area contributed by atoms with Crippen LogP contribution in [0.2, 0.25) is 0 Å². The Morgan fingerprint density at radius 1 is 1.03 bits per heavy atom. The van der Waals surface area contributed by atoms with Gasteiger partial charge in [-0.15, -0.1) is 5.10 Å². The Labute approximate surface area is 190 Å². The van der Waals surface area contributed by atoms with Crippen molar-refractivity contribution in [3.05, 3.63) is 77.3 Å². The van der Waals surface area contributed by atoms with E-state index in [0.29, 0.717) is 22.8 Å². The highest BCUT2D eigenvalue weighted by atomic mass is 19.0. The zero-order valence-corrected chi connectivity index (χ0v) is 18.9. The Morgan fingerprint density at radius 2 is 1.85 bits per heavy atom. The molecule has 0 saturated carbocycles. The molecule has 0 atom stereocenters. The zero-order valence-electron chi connectivity index (χ0n) is 18.9. The number of carbonyl (C=O) groups is 1. The molecule has 0 aliphatic rings. The highest BCUT2D eigenvalue weighted by Gasteiger charge is 2.16. The summed E-state index contributed by atoms with van der Waals surface area (Å²) >= 11 is 0. The number of aryl methyl sites for hydroxylation is 2. The van der Waals surface area contributed by atoms with Crippen LogP contribution >= 0.6 is 0 Å². The molecule has 0 aliphatic carbocycles. The number of nitrogens with one attached hydrogen (secondary N) is 1. The molecule has 4 aromatic rings. The van der Waals surface area contributed by atoms with Gasteiger partial charge in [0.15, 0.2) is 5.82 Å². The molecule has 1 aromatic carbocycles. The number of amides is 1. The van der Waals surface area contributed by atoms with Crippen LogP contribution in [0.3, 0.4) is 0 Å². The molecule has 1 N–H and O–H groups in total. The molecule has 0 bridgehead atoms. The Hall–Kier alpha value is -4.08. The van der Waals surface area contributed by atoms with Gasteiger partial charge in [0.1, 0.15) is 0 Å². The second-order valence-corrected chi connectivity index (χ2v) is 7.92. The molecule has 1 amide bonds. The first-order valence-corrected chi connectivity index (χ1v) is 10.3. The van der Waals surface area contributed by atoms with E-state index in [-0.39, 0.29) is 23.1 Å². The largest absolute Gasteiger partial charge is 0.346 e. The number of rotatable bonds is 6. The Morgan fingerprint density at radius 3 is 2.52 bits per heavy atom. The molecule has 0 radical (unpaired) electrons. The fourth-order valence-corrected chi connectivity index (χ4v) is 3.17. The van der Waals surface area contributed by atoms with E-state index in [1.807, 2.05) is 52.0 Å². The Kier molecular flexibility index (Phi) is 7.17. The average molecular weight is 449 g/mol. The third-order valence-corrected chi connectivity index (χ3v) is 4.91. The number of benzene rings is 1. The van der Waals surface area contributed by atoms with Crippen LogP contribution < -0.4 is 5.32 Å². The molecule has 0 saturated heterocycles. The molecule has 0 unspecified atom stereocenters. The monoisotopic (exact) mass is 448 g/mol. The lowest BCUT2D eigenvalue weighted by Crippen LogP contribution is -2.23. The minimum absolute atomic E-state index is 0. The van der Waals surface area contributed by atoms with Crippen molar-refractivity contribution in [2.24, 2.45) is 0 Å². The molecule has 0 aliphatic heterocycles. The second-order valence-electron chi connectivity index (χ2n) is 7.92. The number of nitrogens with zero attached hydrogens (tertiary/aromatic N) is 7. The van der Waals surface area contributed by atoms with Gasteiger partial charge in [-0.05, 0) is 54.1 Å². The molecule has 0 spiro atoms. The summed E-state index contributed by atoms with van der Waals surface area (Å²) in [6.45, 7) is 8.16. The molecule has 10 heteroatoms. The number of tetrazole rings is 1. The van der Waals surface area contributed by atoms with Crippen molar-refractivity contribution in [1.82, 2.24) is 40.5 Å². The van der Waals surface area contributed by atoms with Crippen molar-refractivity contribution in [2.75, 3.05) is 0 Å². The maximum Gasteiger partial charge on any atom is 0.251 e.